The number of carboxylic acids is 2. The maximum atomic E-state index is 11.9. The molecule has 2 N–H and O–H groups in total. The second-order valence-electron chi connectivity index (χ2n) is 8.89. The minimum absolute atomic E-state index is 0. The van der Waals surface area contributed by atoms with Crippen LogP contribution in [0.5, 0.6) is 0 Å². The van der Waals surface area contributed by atoms with Crippen LogP contribution >= 0.6 is 0 Å². The minimum Gasteiger partial charge on any atom is -0.478 e. The topological polar surface area (TPSA) is 180 Å². The van der Waals surface area contributed by atoms with Crippen molar-refractivity contribution >= 4 is 35.8 Å². The van der Waals surface area contributed by atoms with Crippen molar-refractivity contribution in [1.82, 2.24) is 0 Å². The summed E-state index contributed by atoms with van der Waals surface area (Å²) in [6, 6.07) is 11.4. The molecule has 0 radical (unpaired) electrons. The summed E-state index contributed by atoms with van der Waals surface area (Å²) >= 11 is 0. The SMILES string of the molecule is C=C(C)C(=O)OC(C)COC(=O)c1ccccc1C(=O)O.C=C(C)C(=O)OC(C)COC(=O)c1ccccc1C(=O)O.[Zn]. The van der Waals surface area contributed by atoms with Crippen LogP contribution in [-0.4, -0.2) is 71.5 Å². The van der Waals surface area contributed by atoms with Gasteiger partial charge in [-0.15, -0.1) is 0 Å². The minimum atomic E-state index is -1.22. The summed E-state index contributed by atoms with van der Waals surface area (Å²) in [5.74, 6) is -5.17. The predicted octanol–water partition coefficient (Wildman–Crippen LogP) is 4.10. The second kappa shape index (κ2) is 18.7. The van der Waals surface area contributed by atoms with Crippen LogP contribution in [0.15, 0.2) is 72.8 Å². The Morgan fingerprint density at radius 3 is 1.16 bits per heavy atom. The average molecular weight is 650 g/mol. The molecule has 12 nitrogen and oxygen atoms in total. The van der Waals surface area contributed by atoms with Crippen molar-refractivity contribution in [2.24, 2.45) is 0 Å². The zero-order valence-electron chi connectivity index (χ0n) is 24.3. The van der Waals surface area contributed by atoms with Crippen LogP contribution in [0.25, 0.3) is 0 Å². The Morgan fingerprint density at radius 1 is 0.628 bits per heavy atom. The molecule has 0 aromatic heterocycles. The van der Waals surface area contributed by atoms with Crippen LogP contribution in [-0.2, 0) is 48.0 Å². The first kappa shape index (κ1) is 38.4. The first-order chi connectivity index (χ1) is 19.6. The van der Waals surface area contributed by atoms with E-state index in [4.69, 9.17) is 29.2 Å². The summed E-state index contributed by atoms with van der Waals surface area (Å²) in [6.07, 6.45) is -1.31. The van der Waals surface area contributed by atoms with Gasteiger partial charge in [-0.05, 0) is 52.0 Å². The van der Waals surface area contributed by atoms with E-state index in [0.717, 1.165) is 0 Å². The van der Waals surface area contributed by atoms with Crippen molar-refractivity contribution in [3.05, 3.63) is 95.1 Å². The number of carbonyl (C=O) groups is 6. The number of hydrogen-bond donors (Lipinski definition) is 2. The van der Waals surface area contributed by atoms with Gasteiger partial charge in [0.2, 0.25) is 0 Å². The standard InChI is InChI=1S/2C15H16O6.Zn/c2*1-9(2)14(18)21-10(3)8-20-15(19)12-7-5-4-6-11(12)13(16)17;/h2*4-7,10H,1,8H2,2-3H3,(H,16,17);. The van der Waals surface area contributed by atoms with Crippen LogP contribution in [0.2, 0.25) is 0 Å². The number of carboxylic acid groups (broad SMARTS) is 2. The van der Waals surface area contributed by atoms with Gasteiger partial charge in [0, 0.05) is 30.6 Å². The maximum absolute atomic E-state index is 11.9. The monoisotopic (exact) mass is 648 g/mol. The van der Waals surface area contributed by atoms with Gasteiger partial charge in [0.05, 0.1) is 22.3 Å². The fraction of sp³-hybridized carbons (Fsp3) is 0.267. The molecule has 2 unspecified atom stereocenters. The zero-order valence-corrected chi connectivity index (χ0v) is 27.3. The van der Waals surface area contributed by atoms with Gasteiger partial charge in [-0.3, -0.25) is 0 Å². The zero-order chi connectivity index (χ0) is 32.0. The number of hydrogen-bond acceptors (Lipinski definition) is 10. The first-order valence-electron chi connectivity index (χ1n) is 12.4. The normalized spacial score (nSPS) is 11.1. The largest absolute Gasteiger partial charge is 0.478 e. The predicted molar refractivity (Wildman–Crippen MR) is 148 cm³/mol. The van der Waals surface area contributed by atoms with Crippen molar-refractivity contribution in [1.29, 1.82) is 0 Å². The van der Waals surface area contributed by atoms with Crippen LogP contribution in [0, 0.1) is 0 Å². The van der Waals surface area contributed by atoms with E-state index in [-0.39, 0.29) is 66.1 Å². The average Bonchev–Trinajstić information content (AvgIpc) is 2.94. The van der Waals surface area contributed by atoms with Gasteiger partial charge in [0.1, 0.15) is 25.4 Å². The number of benzene rings is 2. The van der Waals surface area contributed by atoms with Crippen molar-refractivity contribution in [3.63, 3.8) is 0 Å². The maximum Gasteiger partial charge on any atom is 0.339 e. The fourth-order valence-corrected chi connectivity index (χ4v) is 2.87. The molecule has 226 valence electrons. The number of carbonyl (C=O) groups excluding carboxylic acids is 4. The molecule has 2 aromatic rings. The Labute approximate surface area is 261 Å². The number of esters is 4. The third kappa shape index (κ3) is 13.3. The number of ether oxygens (including phenoxy) is 4. The van der Waals surface area contributed by atoms with E-state index < -0.39 is 48.0 Å². The Hall–Kier alpha value is -4.64. The summed E-state index contributed by atoms with van der Waals surface area (Å²) in [5.41, 5.74) is 0.0869. The van der Waals surface area contributed by atoms with E-state index in [1.165, 1.54) is 62.4 Å². The first-order valence-corrected chi connectivity index (χ1v) is 12.4. The summed E-state index contributed by atoms with van der Waals surface area (Å²) in [6.45, 7) is 12.6. The molecule has 0 aliphatic rings. The van der Waals surface area contributed by atoms with E-state index in [9.17, 15) is 28.8 Å². The second-order valence-corrected chi connectivity index (χ2v) is 8.89. The van der Waals surface area contributed by atoms with Crippen molar-refractivity contribution in [3.8, 4) is 0 Å². The van der Waals surface area contributed by atoms with E-state index >= 15 is 0 Å². The molecule has 0 aliphatic heterocycles. The molecule has 0 heterocycles. The van der Waals surface area contributed by atoms with Gasteiger partial charge >= 0.3 is 35.8 Å². The van der Waals surface area contributed by atoms with Crippen LogP contribution in [0.4, 0.5) is 0 Å². The van der Waals surface area contributed by atoms with E-state index in [0.29, 0.717) is 0 Å². The molecule has 0 aliphatic carbocycles. The summed E-state index contributed by atoms with van der Waals surface area (Å²) in [7, 11) is 0. The molecule has 0 saturated heterocycles. The van der Waals surface area contributed by atoms with Gasteiger partial charge < -0.3 is 29.2 Å². The quantitative estimate of drug-likeness (QED) is 0.146. The molecule has 0 fully saturated rings. The van der Waals surface area contributed by atoms with Gasteiger partial charge in [0.25, 0.3) is 0 Å². The van der Waals surface area contributed by atoms with Crippen molar-refractivity contribution in [2.75, 3.05) is 13.2 Å². The van der Waals surface area contributed by atoms with Crippen LogP contribution < -0.4 is 0 Å². The van der Waals surface area contributed by atoms with E-state index in [1.54, 1.807) is 13.8 Å². The number of aromatic carboxylic acids is 2. The van der Waals surface area contributed by atoms with E-state index in [1.807, 2.05) is 0 Å². The van der Waals surface area contributed by atoms with Crippen molar-refractivity contribution in [2.45, 2.75) is 39.9 Å². The summed E-state index contributed by atoms with van der Waals surface area (Å²) in [4.78, 5) is 68.2. The molecule has 2 rings (SSSR count). The summed E-state index contributed by atoms with van der Waals surface area (Å²) < 4.78 is 19.8. The van der Waals surface area contributed by atoms with Crippen molar-refractivity contribution < 1.29 is 77.4 Å². The molecule has 2 atom stereocenters. The Bertz CT molecular complexity index is 1260. The summed E-state index contributed by atoms with van der Waals surface area (Å²) in [5, 5.41) is 18.0. The fourth-order valence-electron chi connectivity index (χ4n) is 2.87. The third-order valence-electron chi connectivity index (χ3n) is 4.97. The Morgan fingerprint density at radius 2 is 0.907 bits per heavy atom. The molecule has 2 aromatic carbocycles. The smallest absolute Gasteiger partial charge is 0.339 e. The van der Waals surface area contributed by atoms with Gasteiger partial charge in [-0.2, -0.15) is 0 Å². The Kier molecular flexibility index (Phi) is 16.7. The number of rotatable bonds is 12. The molecule has 43 heavy (non-hydrogen) atoms. The molecular formula is C30H32O12Zn. The molecule has 0 amide bonds. The van der Waals surface area contributed by atoms with Crippen LogP contribution in [0.1, 0.15) is 69.1 Å². The van der Waals surface area contributed by atoms with Gasteiger partial charge in [-0.25, -0.2) is 28.8 Å². The molecule has 0 saturated carbocycles. The van der Waals surface area contributed by atoms with Crippen LogP contribution in [0.3, 0.4) is 0 Å². The third-order valence-corrected chi connectivity index (χ3v) is 4.97. The van der Waals surface area contributed by atoms with Gasteiger partial charge in [-0.1, -0.05) is 37.4 Å². The van der Waals surface area contributed by atoms with Gasteiger partial charge in [0.15, 0.2) is 0 Å². The molecule has 0 bridgehead atoms. The molecule has 0 spiro atoms. The Balaban J connectivity index is 0.000000802. The molecule has 13 heteroatoms. The molecular weight excluding hydrogens is 618 g/mol. The van der Waals surface area contributed by atoms with E-state index in [2.05, 4.69) is 13.2 Å².